The number of para-hydroxylation sites is 1. The van der Waals surface area contributed by atoms with Crippen molar-refractivity contribution in [1.29, 1.82) is 0 Å². The number of aromatic nitrogens is 1. The van der Waals surface area contributed by atoms with E-state index in [1.807, 2.05) is 21.9 Å². The van der Waals surface area contributed by atoms with Gasteiger partial charge in [0.2, 0.25) is 17.7 Å². The quantitative estimate of drug-likeness (QED) is 0.404. The number of nitrogens with one attached hydrogen (secondary N) is 2. The summed E-state index contributed by atoms with van der Waals surface area (Å²) in [6, 6.07) is 11.9. The molecule has 3 aromatic rings. The Balaban J connectivity index is 1.27. The highest BCUT2D eigenvalue weighted by Gasteiger charge is 2.59. The summed E-state index contributed by atoms with van der Waals surface area (Å²) in [4.78, 5) is 50.0. The number of benzene rings is 1. The number of amides is 3. The third-order valence-corrected chi connectivity index (χ3v) is 10.5. The van der Waals surface area contributed by atoms with Crippen molar-refractivity contribution >= 4 is 28.6 Å². The van der Waals surface area contributed by atoms with Crippen LogP contribution >= 0.6 is 0 Å². The molecule has 7 rings (SSSR count). The lowest BCUT2D eigenvalue weighted by molar-refractivity contribution is -0.169. The number of H-pyrrole nitrogens is 1. The van der Waals surface area contributed by atoms with Crippen LogP contribution in [-0.2, 0) is 37.6 Å². The van der Waals surface area contributed by atoms with Gasteiger partial charge >= 0.3 is 0 Å². The summed E-state index contributed by atoms with van der Waals surface area (Å²) in [6.45, 7) is 2.97. The summed E-state index contributed by atoms with van der Waals surface area (Å²) < 4.78 is 11.0. The fourth-order valence-electron chi connectivity index (χ4n) is 8.39. The van der Waals surface area contributed by atoms with E-state index in [9.17, 15) is 14.4 Å². The lowest BCUT2D eigenvalue weighted by atomic mass is 9.64. The second-order valence-corrected chi connectivity index (χ2v) is 12.9. The number of aromatic amines is 1. The van der Waals surface area contributed by atoms with Gasteiger partial charge in [-0.15, -0.1) is 0 Å². The number of hydrogen-bond donors (Lipinski definition) is 2. The fourth-order valence-corrected chi connectivity index (χ4v) is 8.39. The molecule has 1 aliphatic carbocycles. The van der Waals surface area contributed by atoms with E-state index in [4.69, 9.17) is 9.15 Å². The molecule has 2 N–H and O–H groups in total. The number of rotatable bonds is 8. The van der Waals surface area contributed by atoms with Crippen LogP contribution in [-0.4, -0.2) is 65.4 Å². The first kappa shape index (κ1) is 28.2. The Labute approximate surface area is 252 Å². The van der Waals surface area contributed by atoms with Gasteiger partial charge in [0.15, 0.2) is 0 Å². The maximum Gasteiger partial charge on any atom is 0.228 e. The molecule has 3 amide bonds. The zero-order valence-corrected chi connectivity index (χ0v) is 24.8. The van der Waals surface area contributed by atoms with Crippen LogP contribution in [0, 0.1) is 17.8 Å². The minimum Gasteiger partial charge on any atom is -0.467 e. The molecule has 0 spiro atoms. The molecule has 5 heterocycles. The number of fused-ring (bicyclic) bond motifs is 5. The number of ether oxygens (including phenoxy) is 1. The van der Waals surface area contributed by atoms with Crippen LogP contribution in [0.5, 0.6) is 0 Å². The van der Waals surface area contributed by atoms with E-state index in [1.165, 1.54) is 36.6 Å². The highest BCUT2D eigenvalue weighted by molar-refractivity contribution is 5.93. The Kier molecular flexibility index (Phi) is 7.76. The summed E-state index contributed by atoms with van der Waals surface area (Å²) in [5.41, 5.74) is 2.57. The topological polar surface area (TPSA) is 108 Å². The maximum atomic E-state index is 14.7. The van der Waals surface area contributed by atoms with Crippen LogP contribution in [0.2, 0.25) is 0 Å². The summed E-state index contributed by atoms with van der Waals surface area (Å²) >= 11 is 0. The number of furan rings is 1. The van der Waals surface area contributed by atoms with Crippen molar-refractivity contribution in [2.24, 2.45) is 17.8 Å². The molecule has 9 heteroatoms. The first-order chi connectivity index (χ1) is 21.0. The highest BCUT2D eigenvalue weighted by atomic mass is 16.5. The van der Waals surface area contributed by atoms with Crippen molar-refractivity contribution in [3.8, 4) is 0 Å². The van der Waals surface area contributed by atoms with Crippen LogP contribution in [0.1, 0.15) is 68.4 Å². The van der Waals surface area contributed by atoms with Crippen LogP contribution in [0.15, 0.2) is 47.1 Å². The summed E-state index contributed by atoms with van der Waals surface area (Å²) in [5.74, 6) is 0.155. The van der Waals surface area contributed by atoms with E-state index < -0.39 is 17.4 Å². The minimum atomic E-state index is -0.761. The molecule has 3 atom stereocenters. The molecule has 0 radical (unpaired) electrons. The first-order valence-corrected chi connectivity index (χ1v) is 16.1. The van der Waals surface area contributed by atoms with Gasteiger partial charge in [0, 0.05) is 48.6 Å². The van der Waals surface area contributed by atoms with Gasteiger partial charge in [-0.05, 0) is 55.4 Å². The number of carbonyl (C=O) groups excluding carboxylic acids is 3. The molecule has 3 fully saturated rings. The largest absolute Gasteiger partial charge is 0.467 e. The Morgan fingerprint density at radius 2 is 1.86 bits per heavy atom. The second kappa shape index (κ2) is 11.8. The van der Waals surface area contributed by atoms with Gasteiger partial charge in [0.25, 0.3) is 0 Å². The number of morpholine rings is 1. The molecule has 0 bridgehead atoms. The third kappa shape index (κ3) is 5.15. The van der Waals surface area contributed by atoms with E-state index in [0.29, 0.717) is 50.9 Å². The van der Waals surface area contributed by atoms with Gasteiger partial charge < -0.3 is 29.3 Å². The van der Waals surface area contributed by atoms with Gasteiger partial charge in [-0.1, -0.05) is 43.9 Å². The SMILES string of the molecule is O=C(CC1C[C@H](C(=O)N2CCOCC2)[C@@]2(CCC3CCCC3)c3[nH]c4ccccc4c3CCN2C1=O)NCc1ccco1. The smallest absolute Gasteiger partial charge is 0.228 e. The summed E-state index contributed by atoms with van der Waals surface area (Å²) in [5, 5.41) is 4.10. The van der Waals surface area contributed by atoms with Gasteiger partial charge in [0.05, 0.1) is 37.5 Å². The average molecular weight is 587 g/mol. The van der Waals surface area contributed by atoms with E-state index in [-0.39, 0.29) is 30.7 Å². The predicted molar refractivity (Wildman–Crippen MR) is 161 cm³/mol. The van der Waals surface area contributed by atoms with E-state index >= 15 is 0 Å². The number of piperidine rings is 1. The molecule has 3 aliphatic heterocycles. The molecule has 4 aliphatic rings. The van der Waals surface area contributed by atoms with Crippen LogP contribution in [0.25, 0.3) is 10.9 Å². The Bertz CT molecular complexity index is 1470. The van der Waals surface area contributed by atoms with Crippen molar-refractivity contribution < 1.29 is 23.5 Å². The van der Waals surface area contributed by atoms with Crippen molar-refractivity contribution in [3.63, 3.8) is 0 Å². The lowest BCUT2D eigenvalue weighted by Gasteiger charge is -2.56. The normalized spacial score (nSPS) is 26.0. The fraction of sp³-hybridized carbons (Fsp3) is 0.559. The molecule has 1 saturated carbocycles. The molecular formula is C34H42N4O5. The van der Waals surface area contributed by atoms with E-state index in [2.05, 4.69) is 28.5 Å². The summed E-state index contributed by atoms with van der Waals surface area (Å²) in [6.07, 6.45) is 9.39. The highest BCUT2D eigenvalue weighted by Crippen LogP contribution is 2.53. The van der Waals surface area contributed by atoms with Gasteiger partial charge in [0.1, 0.15) is 5.76 Å². The first-order valence-electron chi connectivity index (χ1n) is 16.1. The molecule has 9 nitrogen and oxygen atoms in total. The van der Waals surface area contributed by atoms with Crippen molar-refractivity contribution in [2.45, 2.75) is 69.9 Å². The van der Waals surface area contributed by atoms with E-state index in [0.717, 1.165) is 30.5 Å². The predicted octanol–water partition coefficient (Wildman–Crippen LogP) is 4.51. The molecule has 1 unspecified atom stereocenters. The molecular weight excluding hydrogens is 544 g/mol. The van der Waals surface area contributed by atoms with Gasteiger partial charge in [-0.25, -0.2) is 0 Å². The minimum absolute atomic E-state index is 0.00472. The average Bonchev–Trinajstić information content (AvgIpc) is 3.82. The zero-order chi connectivity index (χ0) is 29.4. The van der Waals surface area contributed by atoms with Gasteiger partial charge in [-0.2, -0.15) is 0 Å². The van der Waals surface area contributed by atoms with Crippen LogP contribution in [0.4, 0.5) is 0 Å². The number of hydrogen-bond acceptors (Lipinski definition) is 5. The van der Waals surface area contributed by atoms with Crippen molar-refractivity contribution in [2.75, 3.05) is 32.8 Å². The van der Waals surface area contributed by atoms with Gasteiger partial charge in [-0.3, -0.25) is 14.4 Å². The maximum absolute atomic E-state index is 14.7. The molecule has 2 saturated heterocycles. The monoisotopic (exact) mass is 586 g/mol. The summed E-state index contributed by atoms with van der Waals surface area (Å²) in [7, 11) is 0. The number of nitrogens with zero attached hydrogens (tertiary/aromatic N) is 2. The van der Waals surface area contributed by atoms with Crippen LogP contribution < -0.4 is 5.32 Å². The van der Waals surface area contributed by atoms with E-state index in [1.54, 1.807) is 12.3 Å². The third-order valence-electron chi connectivity index (χ3n) is 10.5. The second-order valence-electron chi connectivity index (χ2n) is 12.9. The standard InChI is InChI=1S/C34H42N4O5/c39-30(35-22-25-8-5-17-43-25)21-24-20-28(33(41)37-15-18-42-19-16-37)34(13-11-23-6-1-2-7-23)31-27(12-14-38(34)32(24)40)26-9-3-4-10-29(26)36-31/h3-5,8-10,17,23-24,28,36H,1-2,6-7,11-16,18-22H2,(H,35,39)/t24?,28-,34+/m1/s1. The van der Waals surface area contributed by atoms with Crippen molar-refractivity contribution in [1.82, 2.24) is 20.1 Å². The molecule has 1 aromatic carbocycles. The molecule has 228 valence electrons. The van der Waals surface area contributed by atoms with Crippen LogP contribution in [0.3, 0.4) is 0 Å². The Hall–Kier alpha value is -3.59. The Morgan fingerprint density at radius 3 is 2.65 bits per heavy atom. The molecule has 2 aromatic heterocycles. The Morgan fingerprint density at radius 1 is 1.05 bits per heavy atom. The zero-order valence-electron chi connectivity index (χ0n) is 24.8. The molecule has 43 heavy (non-hydrogen) atoms. The number of carbonyl (C=O) groups is 3. The lowest BCUT2D eigenvalue weighted by Crippen LogP contribution is -2.66. The van der Waals surface area contributed by atoms with Crippen molar-refractivity contribution in [3.05, 3.63) is 59.7 Å².